The van der Waals surface area contributed by atoms with E-state index in [-0.39, 0.29) is 6.10 Å². The fourth-order valence-corrected chi connectivity index (χ4v) is 3.19. The average Bonchev–Trinajstić information content (AvgIpc) is 2.85. The third-order valence-electron chi connectivity index (χ3n) is 2.93. The standard InChI is InChI=1S/C12H20N2O2S/c1-16-8-9(15)5-6-13-7-12-14-10-3-2-4-11(10)17-12/h9,13,15H,2-8H2,1H3. The van der Waals surface area contributed by atoms with E-state index in [9.17, 15) is 5.11 Å². The Balaban J connectivity index is 1.64. The first-order chi connectivity index (χ1) is 8.29. The number of thiazole rings is 1. The molecule has 1 atom stereocenters. The number of methoxy groups -OCH3 is 1. The first kappa shape index (κ1) is 13.0. The summed E-state index contributed by atoms with van der Waals surface area (Å²) in [6, 6.07) is 0. The summed E-state index contributed by atoms with van der Waals surface area (Å²) in [5.74, 6) is 0. The number of hydrogen-bond acceptors (Lipinski definition) is 5. The second-order valence-electron chi connectivity index (χ2n) is 4.41. The normalized spacial score (nSPS) is 16.1. The number of nitrogens with zero attached hydrogens (tertiary/aromatic N) is 1. The molecule has 17 heavy (non-hydrogen) atoms. The maximum atomic E-state index is 9.46. The minimum Gasteiger partial charge on any atom is -0.391 e. The maximum Gasteiger partial charge on any atom is 0.107 e. The van der Waals surface area contributed by atoms with Gasteiger partial charge in [0.25, 0.3) is 0 Å². The van der Waals surface area contributed by atoms with Gasteiger partial charge in [-0.3, -0.25) is 0 Å². The van der Waals surface area contributed by atoms with Gasteiger partial charge in [0, 0.05) is 18.5 Å². The molecule has 0 radical (unpaired) electrons. The van der Waals surface area contributed by atoms with Gasteiger partial charge < -0.3 is 15.2 Å². The Hall–Kier alpha value is -0.490. The molecule has 2 rings (SSSR count). The number of aliphatic hydroxyl groups is 1. The largest absolute Gasteiger partial charge is 0.391 e. The molecule has 96 valence electrons. The smallest absolute Gasteiger partial charge is 0.107 e. The van der Waals surface area contributed by atoms with E-state index in [1.54, 1.807) is 7.11 Å². The molecule has 4 nitrogen and oxygen atoms in total. The van der Waals surface area contributed by atoms with Crippen molar-refractivity contribution in [1.82, 2.24) is 10.3 Å². The first-order valence-electron chi connectivity index (χ1n) is 6.14. The third kappa shape index (κ3) is 3.74. The quantitative estimate of drug-likeness (QED) is 0.718. The van der Waals surface area contributed by atoms with Crippen molar-refractivity contribution in [3.63, 3.8) is 0 Å². The zero-order valence-corrected chi connectivity index (χ0v) is 11.1. The van der Waals surface area contributed by atoms with Crippen LogP contribution in [0.4, 0.5) is 0 Å². The highest BCUT2D eigenvalue weighted by atomic mass is 32.1. The topological polar surface area (TPSA) is 54.4 Å². The molecule has 1 heterocycles. The minimum atomic E-state index is -0.367. The van der Waals surface area contributed by atoms with Crippen LogP contribution >= 0.6 is 11.3 Å². The molecule has 1 aromatic rings. The fraction of sp³-hybridized carbons (Fsp3) is 0.750. The van der Waals surface area contributed by atoms with Gasteiger partial charge in [0.05, 0.1) is 18.4 Å². The fourth-order valence-electron chi connectivity index (χ4n) is 2.06. The lowest BCUT2D eigenvalue weighted by molar-refractivity contribution is 0.0594. The van der Waals surface area contributed by atoms with Crippen LogP contribution in [0.2, 0.25) is 0 Å². The van der Waals surface area contributed by atoms with E-state index in [1.807, 2.05) is 11.3 Å². The van der Waals surface area contributed by atoms with Crippen LogP contribution in [0.25, 0.3) is 0 Å². The van der Waals surface area contributed by atoms with Crippen molar-refractivity contribution in [2.45, 2.75) is 38.3 Å². The summed E-state index contributed by atoms with van der Waals surface area (Å²) >= 11 is 1.83. The molecular formula is C12H20N2O2S. The summed E-state index contributed by atoms with van der Waals surface area (Å²) in [6.45, 7) is 2.03. The van der Waals surface area contributed by atoms with Gasteiger partial charge in [-0.05, 0) is 32.2 Å². The average molecular weight is 256 g/mol. The van der Waals surface area contributed by atoms with Gasteiger partial charge in [-0.1, -0.05) is 0 Å². The highest BCUT2D eigenvalue weighted by Crippen LogP contribution is 2.27. The lowest BCUT2D eigenvalue weighted by atomic mass is 10.3. The van der Waals surface area contributed by atoms with Crippen LogP contribution in [0.3, 0.4) is 0 Å². The lowest BCUT2D eigenvalue weighted by Gasteiger charge is -2.09. The maximum absolute atomic E-state index is 9.46. The predicted octanol–water partition coefficient (Wildman–Crippen LogP) is 1.12. The number of aliphatic hydroxyl groups excluding tert-OH is 1. The minimum absolute atomic E-state index is 0.367. The Kier molecular flexibility index (Phi) is 4.91. The molecule has 0 saturated carbocycles. The monoisotopic (exact) mass is 256 g/mol. The SMILES string of the molecule is COCC(O)CCNCc1nc2c(s1)CCC2. The first-order valence-corrected chi connectivity index (χ1v) is 6.96. The summed E-state index contributed by atoms with van der Waals surface area (Å²) in [4.78, 5) is 6.09. The van der Waals surface area contributed by atoms with E-state index in [2.05, 4.69) is 10.3 Å². The van der Waals surface area contributed by atoms with Crippen LogP contribution < -0.4 is 5.32 Å². The van der Waals surface area contributed by atoms with Gasteiger partial charge in [-0.15, -0.1) is 11.3 Å². The van der Waals surface area contributed by atoms with E-state index in [0.29, 0.717) is 6.61 Å². The summed E-state index contributed by atoms with van der Waals surface area (Å²) in [7, 11) is 1.60. The molecule has 1 unspecified atom stereocenters. The predicted molar refractivity (Wildman–Crippen MR) is 68.3 cm³/mol. The summed E-state index contributed by atoms with van der Waals surface area (Å²) < 4.78 is 4.87. The van der Waals surface area contributed by atoms with Crippen molar-refractivity contribution < 1.29 is 9.84 Å². The van der Waals surface area contributed by atoms with E-state index < -0.39 is 0 Å². The Morgan fingerprint density at radius 2 is 2.41 bits per heavy atom. The summed E-state index contributed by atoms with van der Waals surface area (Å²) in [6.07, 6.45) is 3.98. The highest BCUT2D eigenvalue weighted by Gasteiger charge is 2.16. The van der Waals surface area contributed by atoms with Crippen molar-refractivity contribution >= 4 is 11.3 Å². The number of hydrogen-bond donors (Lipinski definition) is 2. The second-order valence-corrected chi connectivity index (χ2v) is 5.57. The molecule has 5 heteroatoms. The summed E-state index contributed by atoms with van der Waals surface area (Å²) in [5.41, 5.74) is 1.31. The zero-order valence-electron chi connectivity index (χ0n) is 10.2. The molecule has 0 amide bonds. The Labute approximate surface area is 106 Å². The van der Waals surface area contributed by atoms with Crippen LogP contribution in [-0.2, 0) is 24.1 Å². The van der Waals surface area contributed by atoms with E-state index in [1.165, 1.54) is 28.4 Å². The van der Waals surface area contributed by atoms with E-state index in [0.717, 1.165) is 25.9 Å². The van der Waals surface area contributed by atoms with Crippen LogP contribution in [0.15, 0.2) is 0 Å². The van der Waals surface area contributed by atoms with Gasteiger partial charge in [-0.25, -0.2) is 4.98 Å². The van der Waals surface area contributed by atoms with Crippen LogP contribution in [0, 0.1) is 0 Å². The van der Waals surface area contributed by atoms with Gasteiger partial charge in [0.15, 0.2) is 0 Å². The van der Waals surface area contributed by atoms with Crippen LogP contribution in [-0.4, -0.2) is 36.5 Å². The number of ether oxygens (including phenoxy) is 1. The summed E-state index contributed by atoms with van der Waals surface area (Å²) in [5, 5.41) is 14.0. The molecule has 0 fully saturated rings. The number of aryl methyl sites for hydroxylation is 2. The van der Waals surface area contributed by atoms with Crippen molar-refractivity contribution in [3.05, 3.63) is 15.6 Å². The molecule has 0 spiro atoms. The molecule has 2 N–H and O–H groups in total. The van der Waals surface area contributed by atoms with Crippen molar-refractivity contribution in [2.75, 3.05) is 20.3 Å². The highest BCUT2D eigenvalue weighted by molar-refractivity contribution is 7.11. The van der Waals surface area contributed by atoms with Gasteiger partial charge >= 0.3 is 0 Å². The second kappa shape index (κ2) is 6.44. The van der Waals surface area contributed by atoms with Gasteiger partial charge in [0.2, 0.25) is 0 Å². The van der Waals surface area contributed by atoms with E-state index >= 15 is 0 Å². The lowest BCUT2D eigenvalue weighted by Crippen LogP contribution is -2.23. The Morgan fingerprint density at radius 3 is 3.18 bits per heavy atom. The molecule has 0 aliphatic heterocycles. The number of rotatable bonds is 7. The number of fused-ring (bicyclic) bond motifs is 1. The molecule has 0 bridgehead atoms. The number of aromatic nitrogens is 1. The molecular weight excluding hydrogens is 236 g/mol. The van der Waals surface area contributed by atoms with Crippen molar-refractivity contribution in [2.24, 2.45) is 0 Å². The molecule has 0 saturated heterocycles. The zero-order chi connectivity index (χ0) is 12.1. The molecule has 1 aliphatic rings. The third-order valence-corrected chi connectivity index (χ3v) is 4.09. The van der Waals surface area contributed by atoms with Crippen molar-refractivity contribution in [1.29, 1.82) is 0 Å². The van der Waals surface area contributed by atoms with E-state index in [4.69, 9.17) is 4.74 Å². The van der Waals surface area contributed by atoms with Crippen molar-refractivity contribution in [3.8, 4) is 0 Å². The molecule has 1 aromatic heterocycles. The number of nitrogens with one attached hydrogen (secondary N) is 1. The Morgan fingerprint density at radius 1 is 1.53 bits per heavy atom. The molecule has 1 aliphatic carbocycles. The van der Waals surface area contributed by atoms with Crippen LogP contribution in [0.5, 0.6) is 0 Å². The van der Waals surface area contributed by atoms with Gasteiger partial charge in [-0.2, -0.15) is 0 Å². The van der Waals surface area contributed by atoms with Crippen LogP contribution in [0.1, 0.15) is 28.4 Å². The Bertz CT molecular complexity index is 333. The van der Waals surface area contributed by atoms with Gasteiger partial charge in [0.1, 0.15) is 5.01 Å². The molecule has 0 aromatic carbocycles.